The quantitative estimate of drug-likeness (QED) is 0.667. The molecule has 0 radical (unpaired) electrons. The Morgan fingerprint density at radius 3 is 2.25 bits per heavy atom. The lowest BCUT2D eigenvalue weighted by molar-refractivity contribution is -0.0328. The SMILES string of the molecule is CC(CCC(C)(C)C)OC1CCC(COC(C)(C)C)C1. The average Bonchev–Trinajstić information content (AvgIpc) is 2.70. The van der Waals surface area contributed by atoms with Crippen molar-refractivity contribution in [2.75, 3.05) is 6.61 Å². The van der Waals surface area contributed by atoms with Crippen molar-refractivity contribution in [3.05, 3.63) is 0 Å². The number of hydrogen-bond acceptors (Lipinski definition) is 2. The van der Waals surface area contributed by atoms with Crippen molar-refractivity contribution >= 4 is 0 Å². The Morgan fingerprint density at radius 2 is 1.70 bits per heavy atom. The largest absolute Gasteiger partial charge is 0.376 e. The first kappa shape index (κ1) is 18.0. The molecule has 3 unspecified atom stereocenters. The fraction of sp³-hybridized carbons (Fsp3) is 1.00. The Hall–Kier alpha value is -0.0800. The van der Waals surface area contributed by atoms with E-state index in [0.29, 0.717) is 23.5 Å². The molecule has 1 aliphatic carbocycles. The van der Waals surface area contributed by atoms with Crippen molar-refractivity contribution in [2.45, 2.75) is 98.4 Å². The Kier molecular flexibility index (Phi) is 6.53. The molecule has 0 N–H and O–H groups in total. The van der Waals surface area contributed by atoms with Crippen molar-refractivity contribution < 1.29 is 9.47 Å². The van der Waals surface area contributed by atoms with E-state index in [1.165, 1.54) is 32.1 Å². The van der Waals surface area contributed by atoms with Gasteiger partial charge in [-0.05, 0) is 71.1 Å². The second kappa shape index (κ2) is 7.26. The third-order valence-electron chi connectivity index (χ3n) is 3.97. The summed E-state index contributed by atoms with van der Waals surface area (Å²) < 4.78 is 12.1. The number of hydrogen-bond donors (Lipinski definition) is 0. The maximum absolute atomic E-state index is 6.21. The molecule has 1 fully saturated rings. The van der Waals surface area contributed by atoms with Crippen LogP contribution in [0.5, 0.6) is 0 Å². The van der Waals surface area contributed by atoms with Gasteiger partial charge in [0.15, 0.2) is 0 Å². The topological polar surface area (TPSA) is 18.5 Å². The summed E-state index contributed by atoms with van der Waals surface area (Å²) in [6.45, 7) is 16.4. The Bertz CT molecular complexity index is 272. The summed E-state index contributed by atoms with van der Waals surface area (Å²) in [7, 11) is 0. The lowest BCUT2D eigenvalue weighted by Crippen LogP contribution is -2.23. The smallest absolute Gasteiger partial charge is 0.0598 e. The van der Waals surface area contributed by atoms with Crippen LogP contribution in [0.1, 0.15) is 80.6 Å². The highest BCUT2D eigenvalue weighted by Crippen LogP contribution is 2.31. The van der Waals surface area contributed by atoms with Gasteiger partial charge < -0.3 is 9.47 Å². The maximum atomic E-state index is 6.21. The molecule has 2 heteroatoms. The molecule has 0 aromatic heterocycles. The highest BCUT2D eigenvalue weighted by atomic mass is 16.5. The van der Waals surface area contributed by atoms with Crippen LogP contribution in [0, 0.1) is 11.3 Å². The maximum Gasteiger partial charge on any atom is 0.0598 e. The standard InChI is InChI=1S/C18H36O2/c1-14(10-11-17(2,3)4)20-16-9-8-15(12-16)13-19-18(5,6)7/h14-16H,8-13H2,1-7H3. The third kappa shape index (κ3) is 8.26. The molecule has 0 aromatic carbocycles. The van der Waals surface area contributed by atoms with Crippen LogP contribution < -0.4 is 0 Å². The van der Waals surface area contributed by atoms with E-state index in [1.807, 2.05) is 0 Å². The van der Waals surface area contributed by atoms with Crippen LogP contribution in [-0.4, -0.2) is 24.4 Å². The summed E-state index contributed by atoms with van der Waals surface area (Å²) in [4.78, 5) is 0. The summed E-state index contributed by atoms with van der Waals surface area (Å²) in [6, 6.07) is 0. The molecule has 0 amide bonds. The van der Waals surface area contributed by atoms with E-state index in [-0.39, 0.29) is 5.60 Å². The van der Waals surface area contributed by atoms with Crippen LogP contribution in [0.3, 0.4) is 0 Å². The van der Waals surface area contributed by atoms with E-state index in [9.17, 15) is 0 Å². The predicted molar refractivity (Wildman–Crippen MR) is 86.1 cm³/mol. The average molecular weight is 284 g/mol. The zero-order valence-corrected chi connectivity index (χ0v) is 14.8. The van der Waals surface area contributed by atoms with Gasteiger partial charge in [-0.25, -0.2) is 0 Å². The Labute approximate surface area is 126 Å². The summed E-state index contributed by atoms with van der Waals surface area (Å²) in [6.07, 6.45) is 6.89. The predicted octanol–water partition coefficient (Wildman–Crippen LogP) is 5.20. The molecule has 1 aliphatic rings. The lowest BCUT2D eigenvalue weighted by Gasteiger charge is -2.24. The van der Waals surface area contributed by atoms with Crippen LogP contribution in [0.15, 0.2) is 0 Å². The molecule has 0 heterocycles. The van der Waals surface area contributed by atoms with Crippen LogP contribution in [-0.2, 0) is 9.47 Å². The molecule has 3 atom stereocenters. The van der Waals surface area contributed by atoms with Gasteiger partial charge in [0, 0.05) is 0 Å². The van der Waals surface area contributed by atoms with Crippen molar-refractivity contribution in [1.29, 1.82) is 0 Å². The van der Waals surface area contributed by atoms with Gasteiger partial charge >= 0.3 is 0 Å². The van der Waals surface area contributed by atoms with Crippen LogP contribution in [0.2, 0.25) is 0 Å². The zero-order chi connectivity index (χ0) is 15.4. The molecule has 120 valence electrons. The van der Waals surface area contributed by atoms with Gasteiger partial charge in [0.05, 0.1) is 24.4 Å². The van der Waals surface area contributed by atoms with Crippen molar-refractivity contribution in [3.8, 4) is 0 Å². The fourth-order valence-electron chi connectivity index (χ4n) is 2.70. The molecular formula is C18H36O2. The lowest BCUT2D eigenvalue weighted by atomic mass is 9.89. The molecule has 2 nitrogen and oxygen atoms in total. The summed E-state index contributed by atoms with van der Waals surface area (Å²) in [5.41, 5.74) is 0.398. The first-order chi connectivity index (χ1) is 9.05. The monoisotopic (exact) mass is 284 g/mol. The van der Waals surface area contributed by atoms with E-state index < -0.39 is 0 Å². The molecule has 1 rings (SSSR count). The minimum Gasteiger partial charge on any atom is -0.376 e. The molecular weight excluding hydrogens is 248 g/mol. The normalized spacial score (nSPS) is 25.9. The second-order valence-corrected chi connectivity index (χ2v) is 8.77. The Balaban J connectivity index is 2.20. The van der Waals surface area contributed by atoms with Crippen molar-refractivity contribution in [1.82, 2.24) is 0 Å². The van der Waals surface area contributed by atoms with Gasteiger partial charge in [-0.2, -0.15) is 0 Å². The van der Waals surface area contributed by atoms with Gasteiger partial charge in [0.2, 0.25) is 0 Å². The van der Waals surface area contributed by atoms with E-state index >= 15 is 0 Å². The fourth-order valence-corrected chi connectivity index (χ4v) is 2.70. The van der Waals surface area contributed by atoms with E-state index in [4.69, 9.17) is 9.47 Å². The molecule has 20 heavy (non-hydrogen) atoms. The first-order valence-corrected chi connectivity index (χ1v) is 8.34. The van der Waals surface area contributed by atoms with Crippen molar-refractivity contribution in [2.24, 2.45) is 11.3 Å². The highest BCUT2D eigenvalue weighted by molar-refractivity contribution is 4.78. The molecule has 0 saturated heterocycles. The van der Waals surface area contributed by atoms with Gasteiger partial charge in [-0.15, -0.1) is 0 Å². The van der Waals surface area contributed by atoms with Crippen LogP contribution in [0.25, 0.3) is 0 Å². The molecule has 0 bridgehead atoms. The van der Waals surface area contributed by atoms with E-state index in [0.717, 1.165) is 6.61 Å². The van der Waals surface area contributed by atoms with Crippen molar-refractivity contribution in [3.63, 3.8) is 0 Å². The second-order valence-electron chi connectivity index (χ2n) is 8.77. The minimum atomic E-state index is -0.0149. The summed E-state index contributed by atoms with van der Waals surface area (Å²) in [5, 5.41) is 0. The van der Waals surface area contributed by atoms with Gasteiger partial charge in [-0.3, -0.25) is 0 Å². The third-order valence-corrected chi connectivity index (χ3v) is 3.97. The molecule has 1 saturated carbocycles. The van der Waals surface area contributed by atoms with Crippen LogP contribution >= 0.6 is 0 Å². The van der Waals surface area contributed by atoms with Gasteiger partial charge in [0.25, 0.3) is 0 Å². The number of rotatable bonds is 6. The van der Waals surface area contributed by atoms with E-state index in [2.05, 4.69) is 48.5 Å². The molecule has 0 aliphatic heterocycles. The highest BCUT2D eigenvalue weighted by Gasteiger charge is 2.28. The van der Waals surface area contributed by atoms with Crippen LogP contribution in [0.4, 0.5) is 0 Å². The van der Waals surface area contributed by atoms with E-state index in [1.54, 1.807) is 0 Å². The summed E-state index contributed by atoms with van der Waals surface area (Å²) in [5.74, 6) is 0.689. The van der Waals surface area contributed by atoms with Gasteiger partial charge in [-0.1, -0.05) is 20.8 Å². The zero-order valence-electron chi connectivity index (χ0n) is 14.8. The van der Waals surface area contributed by atoms with Gasteiger partial charge in [0.1, 0.15) is 0 Å². The molecule has 0 spiro atoms. The summed E-state index contributed by atoms with van der Waals surface area (Å²) >= 11 is 0. The number of ether oxygens (including phenoxy) is 2. The minimum absolute atomic E-state index is 0.0149. The molecule has 0 aromatic rings. The first-order valence-electron chi connectivity index (χ1n) is 8.34. The Morgan fingerprint density at radius 1 is 1.05 bits per heavy atom.